The molecule has 0 unspecified atom stereocenters. The first-order valence-corrected chi connectivity index (χ1v) is 5.56. The maximum absolute atomic E-state index is 11.0. The van der Waals surface area contributed by atoms with Crippen LogP contribution in [-0.2, 0) is 9.59 Å². The highest BCUT2D eigenvalue weighted by Gasteiger charge is 2.11. The summed E-state index contributed by atoms with van der Waals surface area (Å²) in [5, 5.41) is 11.1. The Balaban J connectivity index is 3.44. The summed E-state index contributed by atoms with van der Waals surface area (Å²) < 4.78 is 0. The minimum Gasteiger partial charge on any atom is -0.480 e. The molecule has 0 saturated heterocycles. The molecule has 0 aromatic carbocycles. The predicted molar refractivity (Wildman–Crippen MR) is 56.2 cm³/mol. The summed E-state index contributed by atoms with van der Waals surface area (Å²) in [5.41, 5.74) is 5.25. The van der Waals surface area contributed by atoms with E-state index in [4.69, 9.17) is 10.8 Å². The largest absolute Gasteiger partial charge is 0.480 e. The number of carbonyl (C=O) groups is 2. The summed E-state index contributed by atoms with van der Waals surface area (Å²) in [4.78, 5) is 21.3. The molecule has 82 valence electrons. The lowest BCUT2D eigenvalue weighted by Gasteiger charge is -2.06. The van der Waals surface area contributed by atoms with Crippen molar-refractivity contribution in [1.29, 1.82) is 0 Å². The third-order valence-corrected chi connectivity index (χ3v) is 2.48. The second-order valence-electron chi connectivity index (χ2n) is 2.81. The van der Waals surface area contributed by atoms with Gasteiger partial charge in [0.15, 0.2) is 0 Å². The Kier molecular flexibility index (Phi) is 7.23. The molecule has 0 rings (SSSR count). The molecule has 0 heterocycles. The van der Waals surface area contributed by atoms with Crippen molar-refractivity contribution in [2.45, 2.75) is 19.4 Å². The number of hydrogen-bond donors (Lipinski definition) is 3. The van der Waals surface area contributed by atoms with Crippen molar-refractivity contribution in [2.75, 3.05) is 18.1 Å². The molecule has 0 radical (unpaired) electrons. The molecule has 0 bridgehead atoms. The Bertz CT molecular complexity index is 199. The third kappa shape index (κ3) is 6.73. The summed E-state index contributed by atoms with van der Waals surface area (Å²) in [6.45, 7) is 2.62. The molecule has 4 N–H and O–H groups in total. The first-order valence-electron chi connectivity index (χ1n) is 4.40. The van der Waals surface area contributed by atoms with E-state index in [0.29, 0.717) is 6.54 Å². The molecule has 0 aromatic heterocycles. The lowest BCUT2D eigenvalue weighted by molar-refractivity contribution is -0.137. The lowest BCUT2D eigenvalue weighted by atomic mass is 10.4. The van der Waals surface area contributed by atoms with Crippen molar-refractivity contribution in [3.05, 3.63) is 0 Å². The Hall–Kier alpha value is -0.750. The van der Waals surface area contributed by atoms with Crippen LogP contribution >= 0.6 is 11.8 Å². The van der Waals surface area contributed by atoms with Crippen LogP contribution in [0.3, 0.4) is 0 Å². The zero-order valence-electron chi connectivity index (χ0n) is 8.16. The SMILES string of the molecule is CCCNC(=O)CSC[C@@H](N)C(=O)O. The van der Waals surface area contributed by atoms with Crippen LogP contribution in [0.25, 0.3) is 0 Å². The molecule has 0 spiro atoms. The van der Waals surface area contributed by atoms with Gasteiger partial charge in [0.2, 0.25) is 5.91 Å². The molecule has 0 aromatic rings. The van der Waals surface area contributed by atoms with Gasteiger partial charge in [-0.25, -0.2) is 0 Å². The third-order valence-electron chi connectivity index (χ3n) is 1.42. The van der Waals surface area contributed by atoms with E-state index in [9.17, 15) is 9.59 Å². The van der Waals surface area contributed by atoms with Gasteiger partial charge in [-0.2, -0.15) is 0 Å². The number of carboxylic acid groups (broad SMARTS) is 1. The number of carboxylic acids is 1. The fourth-order valence-electron chi connectivity index (χ4n) is 0.665. The van der Waals surface area contributed by atoms with E-state index in [1.54, 1.807) is 0 Å². The number of nitrogens with two attached hydrogens (primary N) is 1. The van der Waals surface area contributed by atoms with Gasteiger partial charge >= 0.3 is 5.97 Å². The van der Waals surface area contributed by atoms with Crippen LogP contribution in [0.1, 0.15) is 13.3 Å². The molecule has 0 aliphatic carbocycles. The van der Waals surface area contributed by atoms with Crippen LogP contribution in [0, 0.1) is 0 Å². The Morgan fingerprint density at radius 2 is 2.21 bits per heavy atom. The van der Waals surface area contributed by atoms with Crippen molar-refractivity contribution in [3.8, 4) is 0 Å². The molecular formula is C8H16N2O3S. The number of aliphatic carboxylic acids is 1. The molecule has 0 aliphatic heterocycles. The number of hydrogen-bond acceptors (Lipinski definition) is 4. The molecule has 0 aliphatic rings. The van der Waals surface area contributed by atoms with E-state index in [1.165, 1.54) is 11.8 Å². The average molecular weight is 220 g/mol. The van der Waals surface area contributed by atoms with E-state index in [-0.39, 0.29) is 17.4 Å². The fraction of sp³-hybridized carbons (Fsp3) is 0.750. The van der Waals surface area contributed by atoms with Crippen molar-refractivity contribution < 1.29 is 14.7 Å². The first kappa shape index (κ1) is 13.2. The van der Waals surface area contributed by atoms with Gasteiger partial charge in [0.25, 0.3) is 0 Å². The summed E-state index contributed by atoms with van der Waals surface area (Å²) in [6, 6.07) is -0.890. The normalized spacial score (nSPS) is 12.1. The van der Waals surface area contributed by atoms with E-state index in [2.05, 4.69) is 5.32 Å². The van der Waals surface area contributed by atoms with Gasteiger partial charge < -0.3 is 16.2 Å². The van der Waals surface area contributed by atoms with Crippen molar-refractivity contribution in [2.24, 2.45) is 5.73 Å². The topological polar surface area (TPSA) is 92.4 Å². The van der Waals surface area contributed by atoms with E-state index >= 15 is 0 Å². The highest BCUT2D eigenvalue weighted by Crippen LogP contribution is 2.01. The number of nitrogens with one attached hydrogen (secondary N) is 1. The van der Waals surface area contributed by atoms with Gasteiger partial charge in [0.1, 0.15) is 6.04 Å². The van der Waals surface area contributed by atoms with Crippen LogP contribution in [0.4, 0.5) is 0 Å². The summed E-state index contributed by atoms with van der Waals surface area (Å²) in [6.07, 6.45) is 0.894. The van der Waals surface area contributed by atoms with Crippen molar-refractivity contribution in [1.82, 2.24) is 5.32 Å². The van der Waals surface area contributed by atoms with E-state index in [1.807, 2.05) is 6.92 Å². The highest BCUT2D eigenvalue weighted by molar-refractivity contribution is 8.00. The smallest absolute Gasteiger partial charge is 0.321 e. The van der Waals surface area contributed by atoms with Gasteiger partial charge in [0, 0.05) is 12.3 Å². The molecule has 6 heteroatoms. The quantitative estimate of drug-likeness (QED) is 0.546. The molecule has 1 atom stereocenters. The van der Waals surface area contributed by atoms with Crippen LogP contribution in [0.2, 0.25) is 0 Å². The summed E-state index contributed by atoms with van der Waals surface area (Å²) in [7, 11) is 0. The molecule has 0 saturated carbocycles. The van der Waals surface area contributed by atoms with Crippen LogP contribution in [-0.4, -0.2) is 41.1 Å². The fourth-order valence-corrected chi connectivity index (χ4v) is 1.47. The Morgan fingerprint density at radius 3 is 2.71 bits per heavy atom. The molecule has 0 fully saturated rings. The van der Waals surface area contributed by atoms with Gasteiger partial charge in [-0.15, -0.1) is 11.8 Å². The lowest BCUT2D eigenvalue weighted by Crippen LogP contribution is -2.33. The molecule has 1 amide bonds. The summed E-state index contributed by atoms with van der Waals surface area (Å²) >= 11 is 1.23. The second kappa shape index (κ2) is 7.64. The van der Waals surface area contributed by atoms with Gasteiger partial charge in [0.05, 0.1) is 5.75 Å². The zero-order valence-corrected chi connectivity index (χ0v) is 8.97. The molecule has 5 nitrogen and oxygen atoms in total. The first-order chi connectivity index (χ1) is 6.57. The zero-order chi connectivity index (χ0) is 11.0. The van der Waals surface area contributed by atoms with Crippen LogP contribution in [0.15, 0.2) is 0 Å². The number of thioether (sulfide) groups is 1. The van der Waals surface area contributed by atoms with Crippen molar-refractivity contribution >= 4 is 23.6 Å². The average Bonchev–Trinajstić information content (AvgIpc) is 2.14. The molecule has 14 heavy (non-hydrogen) atoms. The van der Waals surface area contributed by atoms with Gasteiger partial charge in [-0.1, -0.05) is 6.92 Å². The maximum Gasteiger partial charge on any atom is 0.321 e. The number of carbonyl (C=O) groups excluding carboxylic acids is 1. The van der Waals surface area contributed by atoms with Gasteiger partial charge in [-0.05, 0) is 6.42 Å². The van der Waals surface area contributed by atoms with Crippen LogP contribution in [0.5, 0.6) is 0 Å². The predicted octanol–water partition coefficient (Wildman–Crippen LogP) is -0.342. The van der Waals surface area contributed by atoms with Crippen LogP contribution < -0.4 is 11.1 Å². The van der Waals surface area contributed by atoms with E-state index < -0.39 is 12.0 Å². The summed E-state index contributed by atoms with van der Waals surface area (Å²) in [5.74, 6) is -0.587. The molecular weight excluding hydrogens is 204 g/mol. The number of rotatable bonds is 7. The standard InChI is InChI=1S/C8H16N2O3S/c1-2-3-10-7(11)5-14-4-6(9)8(12)13/h6H,2-5,9H2,1H3,(H,10,11)(H,12,13)/t6-/m1/s1. The minimum absolute atomic E-state index is 0.0746. The van der Waals surface area contributed by atoms with E-state index in [0.717, 1.165) is 6.42 Å². The number of amides is 1. The second-order valence-corrected chi connectivity index (χ2v) is 3.84. The minimum atomic E-state index is -1.04. The maximum atomic E-state index is 11.0. The van der Waals surface area contributed by atoms with Crippen molar-refractivity contribution in [3.63, 3.8) is 0 Å². The van der Waals surface area contributed by atoms with Gasteiger partial charge in [-0.3, -0.25) is 9.59 Å². The Morgan fingerprint density at radius 1 is 1.57 bits per heavy atom. The highest BCUT2D eigenvalue weighted by atomic mass is 32.2. The Labute approximate surface area is 87.4 Å². The monoisotopic (exact) mass is 220 g/mol.